The van der Waals surface area contributed by atoms with Crippen LogP contribution >= 0.6 is 7.82 Å². The fourth-order valence-electron chi connectivity index (χ4n) is 7.65. The van der Waals surface area contributed by atoms with Crippen LogP contribution in [0.3, 0.4) is 0 Å². The van der Waals surface area contributed by atoms with Crippen LogP contribution in [0.4, 0.5) is 0 Å². The molecular weight excluding hydrogens is 878 g/mol. The number of quaternary nitrogens is 1. The van der Waals surface area contributed by atoms with Crippen LogP contribution in [-0.4, -0.2) is 70.7 Å². The van der Waals surface area contributed by atoms with E-state index in [9.17, 15) is 14.3 Å². The minimum Gasteiger partial charge on any atom is -0.756 e. The Morgan fingerprint density at radius 3 is 1.23 bits per heavy atom. The van der Waals surface area contributed by atoms with Gasteiger partial charge in [-0.15, -0.1) is 0 Å². The highest BCUT2D eigenvalue weighted by molar-refractivity contribution is 7.45. The van der Waals surface area contributed by atoms with Crippen LogP contribution in [-0.2, 0) is 27.9 Å². The van der Waals surface area contributed by atoms with E-state index in [1.54, 1.807) is 0 Å². The van der Waals surface area contributed by atoms with Gasteiger partial charge in [0.1, 0.15) is 19.3 Å². The molecular formula is C60H108NO7P. The van der Waals surface area contributed by atoms with Crippen LogP contribution in [0.2, 0.25) is 0 Å². The average Bonchev–Trinajstić information content (AvgIpc) is 3.31. The van der Waals surface area contributed by atoms with Crippen molar-refractivity contribution in [3.8, 4) is 0 Å². The molecule has 0 radical (unpaired) electrons. The van der Waals surface area contributed by atoms with Crippen LogP contribution in [0, 0.1) is 0 Å². The van der Waals surface area contributed by atoms with Crippen molar-refractivity contribution in [3.63, 3.8) is 0 Å². The monoisotopic (exact) mass is 986 g/mol. The molecule has 0 bridgehead atoms. The van der Waals surface area contributed by atoms with Gasteiger partial charge in [0.25, 0.3) is 7.82 Å². The predicted octanol–water partition coefficient (Wildman–Crippen LogP) is 17.3. The predicted molar refractivity (Wildman–Crippen MR) is 295 cm³/mol. The topological polar surface area (TPSA) is 94.1 Å². The Morgan fingerprint density at radius 1 is 0.464 bits per heavy atom. The Morgan fingerprint density at radius 2 is 0.841 bits per heavy atom. The molecule has 0 aliphatic carbocycles. The quantitative estimate of drug-likeness (QED) is 0.0197. The third kappa shape index (κ3) is 56.5. The van der Waals surface area contributed by atoms with Gasteiger partial charge in [-0.1, -0.05) is 240 Å². The van der Waals surface area contributed by atoms with Gasteiger partial charge in [0.05, 0.1) is 34.4 Å². The number of nitrogens with zero attached hydrogens (tertiary/aromatic N) is 1. The molecule has 0 spiro atoms. The third-order valence-corrected chi connectivity index (χ3v) is 12.9. The molecule has 0 aromatic carbocycles. The van der Waals surface area contributed by atoms with E-state index in [1.807, 2.05) is 21.1 Å². The molecule has 9 heteroatoms. The van der Waals surface area contributed by atoms with Gasteiger partial charge in [-0.25, -0.2) is 0 Å². The molecule has 0 aromatic rings. The SMILES string of the molecule is CC/C=C\C/C=C\C/C=C\C/C=C\C/C=C\C/C=C\C/C=C\CCCCOCC(COP(=O)([O-])OCC[N+](C)(C)C)OC(=O)CCCCCCCCCCCCCCCCCCCCCCCCC. The lowest BCUT2D eigenvalue weighted by molar-refractivity contribution is -0.870. The molecule has 2 atom stereocenters. The summed E-state index contributed by atoms with van der Waals surface area (Å²) in [6.07, 6.45) is 70.6. The van der Waals surface area contributed by atoms with Crippen LogP contribution < -0.4 is 4.89 Å². The number of unbranched alkanes of at least 4 members (excludes halogenated alkanes) is 24. The van der Waals surface area contributed by atoms with Gasteiger partial charge in [-0.2, -0.15) is 0 Å². The van der Waals surface area contributed by atoms with E-state index in [4.69, 9.17) is 18.5 Å². The van der Waals surface area contributed by atoms with Gasteiger partial charge in [-0.3, -0.25) is 9.36 Å². The maximum Gasteiger partial charge on any atom is 0.306 e. The number of hydrogen-bond donors (Lipinski definition) is 0. The first kappa shape index (κ1) is 66.7. The summed E-state index contributed by atoms with van der Waals surface area (Å²) >= 11 is 0. The molecule has 8 nitrogen and oxygen atoms in total. The Balaban J connectivity index is 4.18. The zero-order valence-electron chi connectivity index (χ0n) is 45.5. The zero-order chi connectivity index (χ0) is 50.5. The first-order valence-electron chi connectivity index (χ1n) is 28.3. The summed E-state index contributed by atoms with van der Waals surface area (Å²) in [5.74, 6) is -0.348. The zero-order valence-corrected chi connectivity index (χ0v) is 46.4. The highest BCUT2D eigenvalue weighted by atomic mass is 31.2. The van der Waals surface area contributed by atoms with Crippen molar-refractivity contribution >= 4 is 13.8 Å². The lowest BCUT2D eigenvalue weighted by Crippen LogP contribution is -2.37. The molecule has 0 amide bonds. The van der Waals surface area contributed by atoms with Gasteiger partial charge in [0.2, 0.25) is 0 Å². The Hall–Kier alpha value is -2.32. The number of phosphoric ester groups is 1. The second-order valence-electron chi connectivity index (χ2n) is 19.9. The molecule has 0 saturated carbocycles. The van der Waals surface area contributed by atoms with E-state index in [0.29, 0.717) is 24.1 Å². The minimum absolute atomic E-state index is 0.0145. The molecule has 0 aliphatic rings. The lowest BCUT2D eigenvalue weighted by Gasteiger charge is -2.28. The molecule has 400 valence electrons. The van der Waals surface area contributed by atoms with E-state index in [1.165, 1.54) is 128 Å². The summed E-state index contributed by atoms with van der Waals surface area (Å²) in [7, 11) is 1.32. The highest BCUT2D eigenvalue weighted by Gasteiger charge is 2.20. The number of phosphoric acid groups is 1. The number of ether oxygens (including phenoxy) is 2. The summed E-state index contributed by atoms with van der Waals surface area (Å²) in [6.45, 7) is 5.20. The van der Waals surface area contributed by atoms with E-state index >= 15 is 0 Å². The van der Waals surface area contributed by atoms with Crippen molar-refractivity contribution in [1.29, 1.82) is 0 Å². The van der Waals surface area contributed by atoms with Crippen molar-refractivity contribution in [2.75, 3.05) is 54.1 Å². The smallest absolute Gasteiger partial charge is 0.306 e. The lowest BCUT2D eigenvalue weighted by atomic mass is 10.0. The summed E-state index contributed by atoms with van der Waals surface area (Å²) < 4.78 is 34.8. The Kier molecular flexibility index (Phi) is 50.3. The van der Waals surface area contributed by atoms with E-state index in [0.717, 1.165) is 83.5 Å². The van der Waals surface area contributed by atoms with Crippen LogP contribution in [0.1, 0.15) is 232 Å². The number of rotatable bonds is 52. The number of allylic oxidation sites excluding steroid dienone is 14. The molecule has 0 aliphatic heterocycles. The van der Waals surface area contributed by atoms with Crippen LogP contribution in [0.5, 0.6) is 0 Å². The summed E-state index contributed by atoms with van der Waals surface area (Å²) in [6, 6.07) is 0. The number of esters is 1. The van der Waals surface area contributed by atoms with Gasteiger partial charge in [0, 0.05) is 13.0 Å². The van der Waals surface area contributed by atoms with Crippen molar-refractivity contribution < 1.29 is 37.3 Å². The van der Waals surface area contributed by atoms with E-state index in [-0.39, 0.29) is 25.8 Å². The molecule has 69 heavy (non-hydrogen) atoms. The largest absolute Gasteiger partial charge is 0.756 e. The summed E-state index contributed by atoms with van der Waals surface area (Å²) in [4.78, 5) is 25.2. The molecule has 0 N–H and O–H groups in total. The average molecular weight is 986 g/mol. The first-order valence-corrected chi connectivity index (χ1v) is 29.8. The van der Waals surface area contributed by atoms with Gasteiger partial charge < -0.3 is 27.9 Å². The number of carbonyl (C=O) groups excluding carboxylic acids is 1. The van der Waals surface area contributed by atoms with Crippen LogP contribution in [0.25, 0.3) is 0 Å². The van der Waals surface area contributed by atoms with E-state index in [2.05, 4.69) is 98.9 Å². The third-order valence-electron chi connectivity index (χ3n) is 12.0. The maximum absolute atomic E-state index is 12.8. The maximum atomic E-state index is 12.8. The number of carbonyl (C=O) groups is 1. The van der Waals surface area contributed by atoms with Crippen molar-refractivity contribution in [2.45, 2.75) is 238 Å². The van der Waals surface area contributed by atoms with Crippen molar-refractivity contribution in [2.24, 2.45) is 0 Å². The molecule has 0 fully saturated rings. The van der Waals surface area contributed by atoms with Gasteiger partial charge in [0.15, 0.2) is 0 Å². The number of hydrogen-bond acceptors (Lipinski definition) is 7. The van der Waals surface area contributed by atoms with Crippen LogP contribution in [0.15, 0.2) is 85.1 Å². The van der Waals surface area contributed by atoms with Gasteiger partial charge >= 0.3 is 5.97 Å². The second-order valence-corrected chi connectivity index (χ2v) is 21.3. The van der Waals surface area contributed by atoms with Gasteiger partial charge in [-0.05, 0) is 70.6 Å². The fourth-order valence-corrected chi connectivity index (χ4v) is 8.37. The summed E-state index contributed by atoms with van der Waals surface area (Å²) in [5, 5.41) is 0. The first-order chi connectivity index (χ1) is 33.6. The minimum atomic E-state index is -4.55. The normalized spacial score (nSPS) is 14.1. The molecule has 0 saturated heterocycles. The fraction of sp³-hybridized carbons (Fsp3) is 0.750. The molecule has 0 heterocycles. The Labute approximate surface area is 426 Å². The molecule has 0 aromatic heterocycles. The van der Waals surface area contributed by atoms with Crippen molar-refractivity contribution in [1.82, 2.24) is 0 Å². The Bertz CT molecular complexity index is 1380. The number of likely N-dealkylation sites (N-methyl/N-ethyl adjacent to an activating group) is 1. The molecule has 2 unspecified atom stereocenters. The summed E-state index contributed by atoms with van der Waals surface area (Å²) in [5.41, 5.74) is 0. The van der Waals surface area contributed by atoms with E-state index < -0.39 is 13.9 Å². The second kappa shape index (κ2) is 52.0. The van der Waals surface area contributed by atoms with Crippen molar-refractivity contribution in [3.05, 3.63) is 85.1 Å². The standard InChI is InChI=1S/C60H108NO7P/c1-6-8-10-12-14-16-18-20-22-24-26-28-30-32-34-36-38-40-42-44-46-48-50-52-55-65-57-59(58-67-69(63,64)66-56-54-61(3,4)5)68-60(62)53-51-49-47-45-43-41-39-37-35-33-31-29-27-25-23-21-19-17-15-13-11-9-7-2/h8,10,14,16,20,22,26,28,32,34,38,40,44,46,59H,6-7,9,11-13,15,17-19,21,23-25,27,29-31,33,35-37,39,41-43,45,47-58H2,1-5H3/b10-8-,16-14-,22-20-,28-26-,34-32-,40-38-,46-44-. The highest BCUT2D eigenvalue weighted by Crippen LogP contribution is 2.38. The molecule has 0 rings (SSSR count).